The lowest BCUT2D eigenvalue weighted by atomic mass is 10.2. The van der Waals surface area contributed by atoms with Gasteiger partial charge in [0.15, 0.2) is 0 Å². The molecule has 2 aromatic heterocycles. The van der Waals surface area contributed by atoms with Crippen LogP contribution < -0.4 is 5.32 Å². The second-order valence-corrected chi connectivity index (χ2v) is 5.29. The first kappa shape index (κ1) is 13.7. The van der Waals surface area contributed by atoms with Crippen LogP contribution in [0.3, 0.4) is 0 Å². The Balaban J connectivity index is 1.91. The van der Waals surface area contributed by atoms with Crippen LogP contribution in [-0.2, 0) is 17.6 Å². The fourth-order valence-electron chi connectivity index (χ4n) is 1.80. The van der Waals surface area contributed by atoms with Crippen LogP contribution in [0, 0.1) is 13.8 Å². The van der Waals surface area contributed by atoms with Gasteiger partial charge in [0, 0.05) is 16.9 Å². The largest absolute Gasteiger partial charge is 0.338 e. The van der Waals surface area contributed by atoms with Crippen LogP contribution in [0.15, 0.2) is 10.0 Å². The number of rotatable bonds is 5. The minimum Gasteiger partial charge on any atom is -0.338 e. The highest BCUT2D eigenvalue weighted by atomic mass is 32.1. The van der Waals surface area contributed by atoms with Gasteiger partial charge in [-0.05, 0) is 26.7 Å². The van der Waals surface area contributed by atoms with E-state index >= 15 is 0 Å². The fourth-order valence-corrected chi connectivity index (χ4v) is 2.58. The average Bonchev–Trinajstić information content (AvgIpc) is 2.95. The second kappa shape index (κ2) is 5.97. The van der Waals surface area contributed by atoms with Crippen molar-refractivity contribution in [2.45, 2.75) is 40.0 Å². The zero-order chi connectivity index (χ0) is 13.8. The SMILES string of the molecule is CCc1noc(NC(=O)CCc2scnc2C)c1C. The molecular weight excluding hydrogens is 262 g/mol. The summed E-state index contributed by atoms with van der Waals surface area (Å²) in [6.45, 7) is 5.86. The lowest BCUT2D eigenvalue weighted by Gasteiger charge is -2.02. The second-order valence-electron chi connectivity index (χ2n) is 4.35. The number of nitrogens with one attached hydrogen (secondary N) is 1. The van der Waals surface area contributed by atoms with Gasteiger partial charge in [0.25, 0.3) is 0 Å². The smallest absolute Gasteiger partial charge is 0.234 e. The summed E-state index contributed by atoms with van der Waals surface area (Å²) < 4.78 is 5.13. The van der Waals surface area contributed by atoms with E-state index in [1.807, 2.05) is 20.8 Å². The molecule has 0 saturated heterocycles. The van der Waals surface area contributed by atoms with Crippen molar-refractivity contribution in [1.29, 1.82) is 0 Å². The van der Waals surface area contributed by atoms with Crippen LogP contribution in [0.25, 0.3) is 0 Å². The first-order chi connectivity index (χ1) is 9.11. The van der Waals surface area contributed by atoms with E-state index in [0.29, 0.717) is 18.7 Å². The van der Waals surface area contributed by atoms with Gasteiger partial charge in [-0.1, -0.05) is 12.1 Å². The topological polar surface area (TPSA) is 68.0 Å². The van der Waals surface area contributed by atoms with Crippen LogP contribution in [0.5, 0.6) is 0 Å². The lowest BCUT2D eigenvalue weighted by molar-refractivity contribution is -0.116. The maximum Gasteiger partial charge on any atom is 0.234 e. The van der Waals surface area contributed by atoms with Crippen molar-refractivity contribution in [1.82, 2.24) is 10.1 Å². The molecule has 0 aliphatic rings. The number of carbonyl (C=O) groups excluding carboxylic acids is 1. The van der Waals surface area contributed by atoms with E-state index in [2.05, 4.69) is 15.5 Å². The summed E-state index contributed by atoms with van der Waals surface area (Å²) in [5, 5.41) is 6.68. The number of anilines is 1. The molecule has 0 bridgehead atoms. The summed E-state index contributed by atoms with van der Waals surface area (Å²) in [4.78, 5) is 17.2. The van der Waals surface area contributed by atoms with Crippen molar-refractivity contribution < 1.29 is 9.32 Å². The highest BCUT2D eigenvalue weighted by molar-refractivity contribution is 7.09. The van der Waals surface area contributed by atoms with Gasteiger partial charge in [-0.2, -0.15) is 0 Å². The Morgan fingerprint density at radius 2 is 2.26 bits per heavy atom. The van der Waals surface area contributed by atoms with Gasteiger partial charge in [-0.25, -0.2) is 4.98 Å². The Morgan fingerprint density at radius 1 is 1.47 bits per heavy atom. The molecule has 19 heavy (non-hydrogen) atoms. The molecular formula is C13H17N3O2S. The van der Waals surface area contributed by atoms with Crippen LogP contribution in [0.2, 0.25) is 0 Å². The molecule has 0 aromatic carbocycles. The highest BCUT2D eigenvalue weighted by Gasteiger charge is 2.13. The number of aromatic nitrogens is 2. The number of hydrogen-bond acceptors (Lipinski definition) is 5. The molecule has 6 heteroatoms. The molecule has 0 spiro atoms. The Morgan fingerprint density at radius 3 is 2.84 bits per heavy atom. The molecule has 2 heterocycles. The molecule has 0 fully saturated rings. The molecule has 2 aromatic rings. The van der Waals surface area contributed by atoms with Crippen molar-refractivity contribution in [3.05, 3.63) is 27.3 Å². The minimum atomic E-state index is -0.0605. The highest BCUT2D eigenvalue weighted by Crippen LogP contribution is 2.19. The number of carbonyl (C=O) groups is 1. The van der Waals surface area contributed by atoms with Gasteiger partial charge >= 0.3 is 0 Å². The van der Waals surface area contributed by atoms with Crippen molar-refractivity contribution in [3.8, 4) is 0 Å². The van der Waals surface area contributed by atoms with E-state index < -0.39 is 0 Å². The summed E-state index contributed by atoms with van der Waals surface area (Å²) in [5.41, 5.74) is 4.59. The van der Waals surface area contributed by atoms with Crippen LogP contribution >= 0.6 is 11.3 Å². The predicted molar refractivity (Wildman–Crippen MR) is 74.4 cm³/mol. The van der Waals surface area contributed by atoms with Crippen LogP contribution in [0.1, 0.15) is 35.2 Å². The van der Waals surface area contributed by atoms with Crippen molar-refractivity contribution >= 4 is 23.1 Å². The molecule has 0 unspecified atom stereocenters. The summed E-state index contributed by atoms with van der Waals surface area (Å²) in [7, 11) is 0. The fraction of sp³-hybridized carbons (Fsp3) is 0.462. The Hall–Kier alpha value is -1.69. The quantitative estimate of drug-likeness (QED) is 0.913. The van der Waals surface area contributed by atoms with Gasteiger partial charge in [-0.3, -0.25) is 10.1 Å². The van der Waals surface area contributed by atoms with E-state index in [4.69, 9.17) is 4.52 Å². The Labute approximate surface area is 116 Å². The van der Waals surface area contributed by atoms with Crippen molar-refractivity contribution in [2.75, 3.05) is 5.32 Å². The first-order valence-electron chi connectivity index (χ1n) is 6.25. The predicted octanol–water partition coefficient (Wildman–Crippen LogP) is 2.88. The third kappa shape index (κ3) is 3.20. The minimum absolute atomic E-state index is 0.0605. The van der Waals surface area contributed by atoms with Gasteiger partial charge in [0.05, 0.1) is 16.9 Å². The van der Waals surface area contributed by atoms with E-state index in [0.717, 1.165) is 28.2 Å². The molecule has 1 N–H and O–H groups in total. The van der Waals surface area contributed by atoms with E-state index in [1.165, 1.54) is 0 Å². The normalized spacial score (nSPS) is 10.7. The third-order valence-electron chi connectivity index (χ3n) is 3.03. The zero-order valence-electron chi connectivity index (χ0n) is 11.3. The molecule has 0 saturated carbocycles. The molecule has 0 aliphatic heterocycles. The van der Waals surface area contributed by atoms with Crippen molar-refractivity contribution in [2.24, 2.45) is 0 Å². The lowest BCUT2D eigenvalue weighted by Crippen LogP contribution is -2.12. The molecule has 0 aliphatic carbocycles. The molecule has 5 nitrogen and oxygen atoms in total. The zero-order valence-corrected chi connectivity index (χ0v) is 12.1. The summed E-state index contributed by atoms with van der Waals surface area (Å²) >= 11 is 1.58. The third-order valence-corrected chi connectivity index (χ3v) is 4.03. The van der Waals surface area contributed by atoms with Crippen LogP contribution in [0.4, 0.5) is 5.88 Å². The van der Waals surface area contributed by atoms with Gasteiger partial charge in [0.2, 0.25) is 11.8 Å². The monoisotopic (exact) mass is 279 g/mol. The maximum atomic E-state index is 11.9. The maximum absolute atomic E-state index is 11.9. The Bertz CT molecular complexity index is 574. The molecule has 0 radical (unpaired) electrons. The molecule has 102 valence electrons. The number of thiazole rings is 1. The average molecular weight is 279 g/mol. The van der Waals surface area contributed by atoms with Gasteiger partial charge in [-0.15, -0.1) is 11.3 Å². The molecule has 0 atom stereocenters. The van der Waals surface area contributed by atoms with E-state index in [-0.39, 0.29) is 5.91 Å². The number of nitrogens with zero attached hydrogens (tertiary/aromatic N) is 2. The molecule has 2 rings (SSSR count). The summed E-state index contributed by atoms with van der Waals surface area (Å²) in [6, 6.07) is 0. The van der Waals surface area contributed by atoms with Gasteiger partial charge in [0.1, 0.15) is 0 Å². The van der Waals surface area contributed by atoms with Gasteiger partial charge < -0.3 is 4.52 Å². The standard InChI is InChI=1S/C13H17N3O2S/c1-4-10-8(2)13(18-16-10)15-12(17)6-5-11-9(3)14-7-19-11/h7H,4-6H2,1-3H3,(H,15,17). The summed E-state index contributed by atoms with van der Waals surface area (Å²) in [5.74, 6) is 0.401. The summed E-state index contributed by atoms with van der Waals surface area (Å²) in [6.07, 6.45) is 1.92. The first-order valence-corrected chi connectivity index (χ1v) is 7.13. The van der Waals surface area contributed by atoms with Crippen molar-refractivity contribution in [3.63, 3.8) is 0 Å². The number of amides is 1. The molecule has 1 amide bonds. The van der Waals surface area contributed by atoms with E-state index in [9.17, 15) is 4.79 Å². The van der Waals surface area contributed by atoms with E-state index in [1.54, 1.807) is 16.8 Å². The Kier molecular flexibility index (Phi) is 4.31. The number of aryl methyl sites for hydroxylation is 3. The number of hydrogen-bond donors (Lipinski definition) is 1. The van der Waals surface area contributed by atoms with Crippen LogP contribution in [-0.4, -0.2) is 16.0 Å².